The average Bonchev–Trinajstić information content (AvgIpc) is 2.64. The number of hydrogen-bond donors (Lipinski definition) is 0. The fraction of sp³-hybridized carbons (Fsp3) is 0.440. The van der Waals surface area contributed by atoms with Gasteiger partial charge in [-0.05, 0) is 54.9 Å². The van der Waals surface area contributed by atoms with Gasteiger partial charge in [-0.15, -0.1) is 0 Å². The van der Waals surface area contributed by atoms with Gasteiger partial charge in [0.05, 0.1) is 0 Å². The van der Waals surface area contributed by atoms with E-state index in [0.29, 0.717) is 0 Å². The molecule has 1 aromatic rings. The quantitative estimate of drug-likeness (QED) is 0.393. The Labute approximate surface area is 154 Å². The Morgan fingerprint density at radius 2 is 1.76 bits per heavy atom. The summed E-state index contributed by atoms with van der Waals surface area (Å²) in [6.07, 6.45) is 13.1. The van der Waals surface area contributed by atoms with Crippen molar-refractivity contribution in [2.75, 3.05) is 0 Å². The Hall–Kier alpha value is -2.00. The summed E-state index contributed by atoms with van der Waals surface area (Å²) in [5.41, 5.74) is 4.41. The van der Waals surface area contributed by atoms with E-state index >= 15 is 0 Å². The summed E-state index contributed by atoms with van der Waals surface area (Å²) in [6, 6.07) is 8.72. The molecule has 0 bridgehead atoms. The van der Waals surface area contributed by atoms with Crippen LogP contribution in [0, 0.1) is 23.7 Å². The smallest absolute Gasteiger partial charge is 0.0249 e. The molecule has 1 saturated carbocycles. The van der Waals surface area contributed by atoms with Crippen LogP contribution in [0.2, 0.25) is 0 Å². The largest absolute Gasteiger partial charge is 0.0958 e. The molecule has 25 heavy (non-hydrogen) atoms. The molecule has 0 unspecified atom stereocenters. The van der Waals surface area contributed by atoms with Crippen LogP contribution in [0.1, 0.15) is 63.5 Å². The molecule has 0 heterocycles. The van der Waals surface area contributed by atoms with E-state index in [-0.39, 0.29) is 0 Å². The van der Waals surface area contributed by atoms with Crippen LogP contribution < -0.4 is 0 Å². The molecule has 0 aliphatic heterocycles. The predicted octanol–water partition coefficient (Wildman–Crippen LogP) is 6.88. The van der Waals surface area contributed by atoms with Gasteiger partial charge in [0.1, 0.15) is 0 Å². The Morgan fingerprint density at radius 1 is 1.08 bits per heavy atom. The lowest BCUT2D eigenvalue weighted by molar-refractivity contribution is 0.278. The molecule has 0 saturated heterocycles. The molecule has 1 aliphatic rings. The van der Waals surface area contributed by atoms with Crippen molar-refractivity contribution in [1.29, 1.82) is 0 Å². The number of allylic oxidation sites excluding steroid dienone is 4. The van der Waals surface area contributed by atoms with Crippen LogP contribution in [-0.4, -0.2) is 0 Å². The lowest BCUT2D eigenvalue weighted by Gasteiger charge is -2.26. The van der Waals surface area contributed by atoms with Gasteiger partial charge in [0.25, 0.3) is 0 Å². The first kappa shape index (κ1) is 19.3. The van der Waals surface area contributed by atoms with Crippen molar-refractivity contribution < 1.29 is 0 Å². The highest BCUT2D eigenvalue weighted by Crippen LogP contribution is 2.31. The SMILES string of the molecule is C=C(C#Cc1ccc(CCC2CCC(C)CC2)cc1)/C=C\C(=C)CC. The second-order valence-corrected chi connectivity index (χ2v) is 7.48. The molecule has 1 aliphatic carbocycles. The lowest BCUT2D eigenvalue weighted by atomic mass is 9.80. The lowest BCUT2D eigenvalue weighted by Crippen LogP contribution is -2.12. The van der Waals surface area contributed by atoms with Gasteiger partial charge in [0.2, 0.25) is 0 Å². The van der Waals surface area contributed by atoms with Crippen LogP contribution in [0.15, 0.2) is 60.7 Å². The number of benzene rings is 1. The highest BCUT2D eigenvalue weighted by molar-refractivity contribution is 5.45. The summed E-state index contributed by atoms with van der Waals surface area (Å²) in [4.78, 5) is 0. The van der Waals surface area contributed by atoms with Gasteiger partial charge in [-0.3, -0.25) is 0 Å². The summed E-state index contributed by atoms with van der Waals surface area (Å²) in [6.45, 7) is 12.4. The summed E-state index contributed by atoms with van der Waals surface area (Å²) in [5.74, 6) is 8.18. The topological polar surface area (TPSA) is 0 Å². The maximum Gasteiger partial charge on any atom is 0.0249 e. The minimum absolute atomic E-state index is 0.824. The molecule has 2 rings (SSSR count). The maximum absolute atomic E-state index is 3.98. The first-order valence-corrected chi connectivity index (χ1v) is 9.72. The second-order valence-electron chi connectivity index (χ2n) is 7.48. The maximum atomic E-state index is 3.98. The van der Waals surface area contributed by atoms with Gasteiger partial charge in [-0.25, -0.2) is 0 Å². The highest BCUT2D eigenvalue weighted by Gasteiger charge is 2.17. The zero-order valence-corrected chi connectivity index (χ0v) is 16.0. The van der Waals surface area contributed by atoms with Crippen molar-refractivity contribution in [3.05, 3.63) is 71.8 Å². The molecule has 1 fully saturated rings. The molecule has 0 heteroatoms. The first-order chi connectivity index (χ1) is 12.1. The Morgan fingerprint density at radius 3 is 2.40 bits per heavy atom. The number of hydrogen-bond acceptors (Lipinski definition) is 0. The van der Waals surface area contributed by atoms with Crippen molar-refractivity contribution in [1.82, 2.24) is 0 Å². The Bertz CT molecular complexity index is 652. The monoisotopic (exact) mass is 332 g/mol. The standard InChI is InChI=1S/C25H32/c1-5-20(2)6-7-21(3)8-13-24-15-18-25(19-16-24)17-14-23-11-9-22(4)10-12-23/h6-7,15-16,18-19,22-23H,2-3,5,9-12,14,17H2,1,4H3/b7-6-. The number of rotatable bonds is 6. The van der Waals surface area contributed by atoms with Gasteiger partial charge < -0.3 is 0 Å². The van der Waals surface area contributed by atoms with Gasteiger partial charge >= 0.3 is 0 Å². The third-order valence-corrected chi connectivity index (χ3v) is 5.27. The van der Waals surface area contributed by atoms with Gasteiger partial charge in [-0.1, -0.05) is 88.3 Å². The van der Waals surface area contributed by atoms with Gasteiger partial charge in [-0.2, -0.15) is 0 Å². The molecular formula is C25H32. The predicted molar refractivity (Wildman–Crippen MR) is 110 cm³/mol. The third-order valence-electron chi connectivity index (χ3n) is 5.27. The highest BCUT2D eigenvalue weighted by atomic mass is 14.2. The molecular weight excluding hydrogens is 300 g/mol. The van der Waals surface area contributed by atoms with E-state index in [0.717, 1.165) is 35.0 Å². The van der Waals surface area contributed by atoms with E-state index in [1.165, 1.54) is 44.1 Å². The van der Waals surface area contributed by atoms with E-state index in [1.807, 2.05) is 12.2 Å². The van der Waals surface area contributed by atoms with Crippen molar-refractivity contribution in [3.8, 4) is 11.8 Å². The van der Waals surface area contributed by atoms with Crippen LogP contribution in [0.3, 0.4) is 0 Å². The van der Waals surface area contributed by atoms with Gasteiger partial charge in [0.15, 0.2) is 0 Å². The van der Waals surface area contributed by atoms with Crippen molar-refractivity contribution >= 4 is 0 Å². The average molecular weight is 333 g/mol. The van der Waals surface area contributed by atoms with Crippen molar-refractivity contribution in [2.45, 2.75) is 58.8 Å². The van der Waals surface area contributed by atoms with E-state index in [2.05, 4.69) is 63.1 Å². The molecule has 0 N–H and O–H groups in total. The summed E-state index contributed by atoms with van der Waals surface area (Å²) < 4.78 is 0. The first-order valence-electron chi connectivity index (χ1n) is 9.72. The molecule has 1 aromatic carbocycles. The minimum atomic E-state index is 0.824. The summed E-state index contributed by atoms with van der Waals surface area (Å²) in [7, 11) is 0. The second kappa shape index (κ2) is 10.1. The molecule has 0 radical (unpaired) electrons. The Kier molecular flexibility index (Phi) is 7.80. The van der Waals surface area contributed by atoms with Crippen molar-refractivity contribution in [2.24, 2.45) is 11.8 Å². The van der Waals surface area contributed by atoms with Crippen molar-refractivity contribution in [3.63, 3.8) is 0 Å². The molecule has 0 atom stereocenters. The van der Waals surface area contributed by atoms with Crippen LogP contribution >= 0.6 is 0 Å². The van der Waals surface area contributed by atoms with Crippen LogP contribution in [0.25, 0.3) is 0 Å². The fourth-order valence-corrected chi connectivity index (χ4v) is 3.27. The molecule has 0 spiro atoms. The van der Waals surface area contributed by atoms with Crippen LogP contribution in [0.4, 0.5) is 0 Å². The normalized spacial score (nSPS) is 20.1. The zero-order valence-electron chi connectivity index (χ0n) is 16.0. The third kappa shape index (κ3) is 7.18. The molecule has 132 valence electrons. The zero-order chi connectivity index (χ0) is 18.1. The van der Waals surface area contributed by atoms with Crippen LogP contribution in [0.5, 0.6) is 0 Å². The minimum Gasteiger partial charge on any atom is -0.0958 e. The Balaban J connectivity index is 1.82. The molecule has 0 amide bonds. The van der Waals surface area contributed by atoms with E-state index in [1.54, 1.807) is 0 Å². The van der Waals surface area contributed by atoms with E-state index < -0.39 is 0 Å². The summed E-state index contributed by atoms with van der Waals surface area (Å²) in [5, 5.41) is 0. The number of aryl methyl sites for hydroxylation is 1. The van der Waals surface area contributed by atoms with Crippen LogP contribution in [-0.2, 0) is 6.42 Å². The van der Waals surface area contributed by atoms with E-state index in [4.69, 9.17) is 0 Å². The van der Waals surface area contributed by atoms with Gasteiger partial charge in [0, 0.05) is 11.1 Å². The molecule has 0 aromatic heterocycles. The van der Waals surface area contributed by atoms with E-state index in [9.17, 15) is 0 Å². The molecule has 0 nitrogen and oxygen atoms in total. The summed E-state index contributed by atoms with van der Waals surface area (Å²) >= 11 is 0. The fourth-order valence-electron chi connectivity index (χ4n) is 3.27.